The lowest BCUT2D eigenvalue weighted by molar-refractivity contribution is 0.131. The van der Waals surface area contributed by atoms with Gasteiger partial charge in [-0.25, -0.2) is 9.31 Å². The molecule has 1 aliphatic rings. The Morgan fingerprint density at radius 3 is 2.93 bits per heavy atom. The number of nitrogens with one attached hydrogen (secondary N) is 1. The van der Waals surface area contributed by atoms with Gasteiger partial charge in [-0.15, -0.1) is 0 Å². The van der Waals surface area contributed by atoms with Crippen LogP contribution < -0.4 is 5.56 Å². The third-order valence-corrected chi connectivity index (χ3v) is 4.95. The molecule has 0 saturated carbocycles. The maximum absolute atomic E-state index is 12.3. The number of hydrogen-bond acceptors (Lipinski definition) is 7. The first-order valence-corrected chi connectivity index (χ1v) is 8.97. The van der Waals surface area contributed by atoms with Gasteiger partial charge < -0.3 is 24.3 Å². The summed E-state index contributed by atoms with van der Waals surface area (Å²) in [5.41, 5.74) is 1.50. The molecule has 1 fully saturated rings. The van der Waals surface area contributed by atoms with Crippen LogP contribution in [0.5, 0.6) is 0 Å². The second kappa shape index (κ2) is 7.43. The Labute approximate surface area is 158 Å². The number of aromatic nitrogens is 5. The summed E-state index contributed by atoms with van der Waals surface area (Å²) in [6.07, 6.45) is 2.43. The van der Waals surface area contributed by atoms with E-state index in [0.29, 0.717) is 56.0 Å². The highest BCUT2D eigenvalue weighted by Crippen LogP contribution is 2.29. The number of aromatic amines is 1. The van der Waals surface area contributed by atoms with Gasteiger partial charge in [0.15, 0.2) is 5.82 Å². The van der Waals surface area contributed by atoms with Crippen molar-refractivity contribution in [3.05, 3.63) is 34.1 Å². The van der Waals surface area contributed by atoms with E-state index >= 15 is 0 Å². The largest absolute Gasteiger partial charge is 0.465 e. The predicted molar refractivity (Wildman–Crippen MR) is 96.3 cm³/mol. The standard InChI is InChI=1S/C17H20N6O5/c1-27-7-4-13-19-16(28-21-13)11-9-18-23-12(8-14(24)20-15(11)23)10-2-5-22(6-3-10)17(25)26/h8-10H,2-7H2,1H3,(H,20,24)(H,25,26). The molecule has 0 bridgehead atoms. The molecule has 0 unspecified atom stereocenters. The molecule has 0 aromatic carbocycles. The highest BCUT2D eigenvalue weighted by molar-refractivity contribution is 5.71. The van der Waals surface area contributed by atoms with Crippen LogP contribution in [-0.4, -0.2) is 67.6 Å². The van der Waals surface area contributed by atoms with Gasteiger partial charge in [0, 0.05) is 38.6 Å². The van der Waals surface area contributed by atoms with Gasteiger partial charge in [-0.2, -0.15) is 10.1 Å². The lowest BCUT2D eigenvalue weighted by Gasteiger charge is -2.30. The Hall–Kier alpha value is -3.21. The third-order valence-electron chi connectivity index (χ3n) is 4.95. The van der Waals surface area contributed by atoms with Crippen LogP contribution in [0, 0.1) is 0 Å². The van der Waals surface area contributed by atoms with Crippen LogP contribution in [0.4, 0.5) is 4.79 Å². The molecule has 3 aromatic heterocycles. The zero-order valence-electron chi connectivity index (χ0n) is 15.3. The number of methoxy groups -OCH3 is 1. The summed E-state index contributed by atoms with van der Waals surface area (Å²) in [7, 11) is 1.60. The van der Waals surface area contributed by atoms with Gasteiger partial charge in [0.25, 0.3) is 11.4 Å². The molecular formula is C17H20N6O5. The fraction of sp³-hybridized carbons (Fsp3) is 0.471. The molecule has 148 valence electrons. The number of amides is 1. The zero-order valence-corrected chi connectivity index (χ0v) is 15.3. The first-order valence-electron chi connectivity index (χ1n) is 8.97. The number of nitrogens with zero attached hydrogens (tertiary/aromatic N) is 5. The van der Waals surface area contributed by atoms with E-state index in [2.05, 4.69) is 20.2 Å². The van der Waals surface area contributed by atoms with E-state index in [1.165, 1.54) is 11.0 Å². The minimum Gasteiger partial charge on any atom is -0.465 e. The Morgan fingerprint density at radius 2 is 2.21 bits per heavy atom. The van der Waals surface area contributed by atoms with Crippen LogP contribution in [0.1, 0.15) is 30.3 Å². The molecule has 1 saturated heterocycles. The summed E-state index contributed by atoms with van der Waals surface area (Å²) < 4.78 is 12.0. The molecule has 0 aliphatic carbocycles. The van der Waals surface area contributed by atoms with Crippen molar-refractivity contribution >= 4 is 11.7 Å². The topological polar surface area (TPSA) is 139 Å². The van der Waals surface area contributed by atoms with Crippen LogP contribution in [0.15, 0.2) is 21.6 Å². The number of H-pyrrole nitrogens is 1. The van der Waals surface area contributed by atoms with E-state index in [0.717, 1.165) is 5.69 Å². The van der Waals surface area contributed by atoms with Gasteiger partial charge in [0.2, 0.25) is 0 Å². The number of carbonyl (C=O) groups is 1. The number of ether oxygens (including phenoxy) is 1. The van der Waals surface area contributed by atoms with Gasteiger partial charge >= 0.3 is 6.09 Å². The lowest BCUT2D eigenvalue weighted by Crippen LogP contribution is -2.37. The molecule has 28 heavy (non-hydrogen) atoms. The molecule has 0 radical (unpaired) electrons. The van der Waals surface area contributed by atoms with Gasteiger partial charge in [-0.3, -0.25) is 4.79 Å². The first kappa shape index (κ1) is 18.2. The Morgan fingerprint density at radius 1 is 1.43 bits per heavy atom. The molecule has 4 rings (SSSR count). The second-order valence-electron chi connectivity index (χ2n) is 6.68. The maximum Gasteiger partial charge on any atom is 0.407 e. The summed E-state index contributed by atoms with van der Waals surface area (Å²) in [6, 6.07) is 1.52. The monoisotopic (exact) mass is 388 g/mol. The van der Waals surface area contributed by atoms with E-state index in [9.17, 15) is 9.59 Å². The summed E-state index contributed by atoms with van der Waals surface area (Å²) >= 11 is 0. The number of likely N-dealkylation sites (tertiary alicyclic amines) is 1. The number of carboxylic acid groups (broad SMARTS) is 1. The van der Waals surface area contributed by atoms with Crippen molar-refractivity contribution in [2.45, 2.75) is 25.2 Å². The van der Waals surface area contributed by atoms with Crippen LogP contribution in [-0.2, 0) is 11.2 Å². The van der Waals surface area contributed by atoms with E-state index in [1.807, 2.05) is 0 Å². The Bertz CT molecular complexity index is 1050. The van der Waals surface area contributed by atoms with Crippen LogP contribution in [0.2, 0.25) is 0 Å². The number of piperidine rings is 1. The predicted octanol–water partition coefficient (Wildman–Crippen LogP) is 1.12. The molecule has 2 N–H and O–H groups in total. The van der Waals surface area contributed by atoms with Crippen molar-refractivity contribution in [3.8, 4) is 11.5 Å². The molecule has 3 aromatic rings. The number of rotatable bonds is 5. The van der Waals surface area contributed by atoms with E-state index < -0.39 is 6.09 Å². The minimum absolute atomic E-state index is 0.0353. The fourth-order valence-corrected chi connectivity index (χ4v) is 3.48. The van der Waals surface area contributed by atoms with E-state index in [1.54, 1.807) is 17.8 Å². The van der Waals surface area contributed by atoms with Crippen molar-refractivity contribution < 1.29 is 19.2 Å². The molecule has 11 heteroatoms. The second-order valence-corrected chi connectivity index (χ2v) is 6.68. The average molecular weight is 388 g/mol. The zero-order chi connectivity index (χ0) is 19.7. The summed E-state index contributed by atoms with van der Waals surface area (Å²) in [4.78, 5) is 31.9. The normalized spacial score (nSPS) is 15.4. The quantitative estimate of drug-likeness (QED) is 0.663. The molecule has 1 aliphatic heterocycles. The minimum atomic E-state index is -0.920. The van der Waals surface area contributed by atoms with Crippen molar-refractivity contribution in [1.29, 1.82) is 0 Å². The first-order chi connectivity index (χ1) is 13.6. The van der Waals surface area contributed by atoms with Crippen molar-refractivity contribution in [3.63, 3.8) is 0 Å². The fourth-order valence-electron chi connectivity index (χ4n) is 3.48. The van der Waals surface area contributed by atoms with Gasteiger partial charge in [-0.05, 0) is 12.8 Å². The van der Waals surface area contributed by atoms with E-state index in [-0.39, 0.29) is 17.4 Å². The maximum atomic E-state index is 12.3. The highest BCUT2D eigenvalue weighted by atomic mass is 16.5. The summed E-state index contributed by atoms with van der Waals surface area (Å²) in [6.45, 7) is 1.33. The summed E-state index contributed by atoms with van der Waals surface area (Å²) in [5.74, 6) is 0.818. The molecule has 0 atom stereocenters. The molecule has 4 heterocycles. The van der Waals surface area contributed by atoms with Crippen molar-refractivity contribution in [2.24, 2.45) is 0 Å². The smallest absolute Gasteiger partial charge is 0.407 e. The average Bonchev–Trinajstić information content (AvgIpc) is 3.32. The van der Waals surface area contributed by atoms with Gasteiger partial charge in [0.05, 0.1) is 18.5 Å². The van der Waals surface area contributed by atoms with Crippen molar-refractivity contribution in [2.75, 3.05) is 26.8 Å². The van der Waals surface area contributed by atoms with E-state index in [4.69, 9.17) is 14.4 Å². The number of fused-ring (bicyclic) bond motifs is 1. The third kappa shape index (κ3) is 3.36. The van der Waals surface area contributed by atoms with Gasteiger partial charge in [-0.1, -0.05) is 5.16 Å². The number of hydrogen-bond donors (Lipinski definition) is 2. The molecule has 0 spiro atoms. The lowest BCUT2D eigenvalue weighted by atomic mass is 9.93. The molecule has 11 nitrogen and oxygen atoms in total. The van der Waals surface area contributed by atoms with Crippen LogP contribution in [0.25, 0.3) is 17.1 Å². The molecule has 1 amide bonds. The van der Waals surface area contributed by atoms with Crippen LogP contribution >= 0.6 is 0 Å². The highest BCUT2D eigenvalue weighted by Gasteiger charge is 2.26. The molecular weight excluding hydrogens is 368 g/mol. The SMILES string of the molecule is COCCc1noc(-c2cnn3c(C4CCN(C(=O)O)CC4)cc(=O)[nH]c23)n1. The van der Waals surface area contributed by atoms with Crippen LogP contribution in [0.3, 0.4) is 0 Å². The van der Waals surface area contributed by atoms with Gasteiger partial charge in [0.1, 0.15) is 11.2 Å². The summed E-state index contributed by atoms with van der Waals surface area (Å²) in [5, 5.41) is 17.4. The Kier molecular flexibility index (Phi) is 4.82. The van der Waals surface area contributed by atoms with Crippen molar-refractivity contribution in [1.82, 2.24) is 29.6 Å². The Balaban J connectivity index is 1.66.